The molecule has 5 rings (SSSR count). The van der Waals surface area contributed by atoms with E-state index in [9.17, 15) is 19.5 Å². The fourth-order valence-corrected chi connectivity index (χ4v) is 7.57. The van der Waals surface area contributed by atoms with Gasteiger partial charge in [0.25, 0.3) is 0 Å². The minimum Gasteiger partial charge on any atom is -0.431 e. The van der Waals surface area contributed by atoms with Crippen molar-refractivity contribution < 1.29 is 19.1 Å². The molecule has 0 unspecified atom stereocenters. The lowest BCUT2D eigenvalue weighted by Crippen LogP contribution is -2.61. The normalized spacial score (nSPS) is 43.7. The zero-order chi connectivity index (χ0) is 20.4. The minimum absolute atomic E-state index is 0.0533. The van der Waals surface area contributed by atoms with Crippen molar-refractivity contribution in [1.82, 2.24) is 0 Å². The molecule has 0 amide bonds. The van der Waals surface area contributed by atoms with Gasteiger partial charge in [0.2, 0.25) is 0 Å². The fourth-order valence-electron chi connectivity index (χ4n) is 7.57. The average Bonchev–Trinajstić information content (AvgIpc) is 3.00. The molecular weight excluding hydrogens is 368 g/mol. The Morgan fingerprint density at radius 1 is 1.07 bits per heavy atom. The van der Waals surface area contributed by atoms with Crippen molar-refractivity contribution in [3.05, 3.63) is 46.0 Å². The van der Waals surface area contributed by atoms with Crippen LogP contribution >= 0.6 is 0 Å². The van der Waals surface area contributed by atoms with E-state index in [4.69, 9.17) is 4.42 Å². The van der Waals surface area contributed by atoms with E-state index in [-0.39, 0.29) is 34.6 Å². The van der Waals surface area contributed by atoms with Gasteiger partial charge in [-0.05, 0) is 80.4 Å². The molecule has 0 spiro atoms. The van der Waals surface area contributed by atoms with Crippen LogP contribution in [-0.2, 0) is 9.59 Å². The van der Waals surface area contributed by atoms with Gasteiger partial charge in [0.05, 0.1) is 17.3 Å². The molecule has 1 heterocycles. The summed E-state index contributed by atoms with van der Waals surface area (Å²) in [6.45, 7) is 2.18. The number of hydrogen-bond donors (Lipinski definition) is 1. The van der Waals surface area contributed by atoms with Gasteiger partial charge in [-0.1, -0.05) is 12.5 Å². The van der Waals surface area contributed by atoms with Crippen molar-refractivity contribution in [3.8, 4) is 0 Å². The third-order valence-electron chi connectivity index (χ3n) is 9.09. The number of hydrogen-bond acceptors (Lipinski definition) is 5. The molecule has 0 bridgehead atoms. The molecule has 5 nitrogen and oxygen atoms in total. The van der Waals surface area contributed by atoms with Gasteiger partial charge < -0.3 is 14.3 Å². The van der Waals surface area contributed by atoms with Gasteiger partial charge in [0.15, 0.2) is 5.78 Å². The minimum atomic E-state index is -0.848. The van der Waals surface area contributed by atoms with E-state index in [0.29, 0.717) is 19.3 Å². The number of allylic oxidation sites excluding steroid dienone is 1. The molecule has 4 aliphatic rings. The van der Waals surface area contributed by atoms with Crippen LogP contribution in [0, 0.1) is 22.7 Å². The SMILES string of the molecule is C[C@]12CC[C@H]3[C@@H](CCC4=CC(=O)CC[C@@]43C=O)[C@@]1(O)CC[C@@H]2c1ccc(=O)oc1. The summed E-state index contributed by atoms with van der Waals surface area (Å²) in [5, 5.41) is 12.1. The van der Waals surface area contributed by atoms with E-state index in [1.54, 1.807) is 12.3 Å². The van der Waals surface area contributed by atoms with E-state index >= 15 is 0 Å². The molecule has 5 heteroatoms. The second-order valence-corrected chi connectivity index (χ2v) is 9.91. The highest BCUT2D eigenvalue weighted by Gasteiger charge is 2.67. The number of aliphatic hydroxyl groups is 1. The summed E-state index contributed by atoms with van der Waals surface area (Å²) in [7, 11) is 0. The summed E-state index contributed by atoms with van der Waals surface area (Å²) in [4.78, 5) is 35.8. The first-order chi connectivity index (χ1) is 13.8. The molecule has 29 heavy (non-hydrogen) atoms. The Bertz CT molecular complexity index is 940. The number of carbonyl (C=O) groups is 2. The molecule has 0 aromatic carbocycles. The van der Waals surface area contributed by atoms with Crippen molar-refractivity contribution in [3.63, 3.8) is 0 Å². The number of rotatable bonds is 2. The largest absolute Gasteiger partial charge is 0.431 e. The van der Waals surface area contributed by atoms with E-state index in [1.165, 1.54) is 6.07 Å². The van der Waals surface area contributed by atoms with E-state index in [1.807, 2.05) is 6.07 Å². The molecule has 3 saturated carbocycles. The van der Waals surface area contributed by atoms with Crippen molar-refractivity contribution in [2.45, 2.75) is 69.8 Å². The maximum Gasteiger partial charge on any atom is 0.335 e. The molecule has 0 radical (unpaired) electrons. The lowest BCUT2D eigenvalue weighted by Gasteiger charge is -2.60. The Balaban J connectivity index is 1.54. The first-order valence-electron chi connectivity index (χ1n) is 10.9. The zero-order valence-electron chi connectivity index (χ0n) is 16.9. The third-order valence-corrected chi connectivity index (χ3v) is 9.09. The van der Waals surface area contributed by atoms with Crippen LogP contribution in [0.3, 0.4) is 0 Å². The van der Waals surface area contributed by atoms with Gasteiger partial charge in [-0.25, -0.2) is 4.79 Å². The van der Waals surface area contributed by atoms with Crippen LogP contribution in [-0.4, -0.2) is 22.8 Å². The third kappa shape index (κ3) is 2.40. The topological polar surface area (TPSA) is 84.6 Å². The van der Waals surface area contributed by atoms with Gasteiger partial charge in [0, 0.05) is 17.9 Å². The summed E-state index contributed by atoms with van der Waals surface area (Å²) in [6, 6.07) is 3.29. The number of ketones is 1. The number of fused-ring (bicyclic) bond motifs is 5. The van der Waals surface area contributed by atoms with Crippen molar-refractivity contribution in [1.29, 1.82) is 0 Å². The van der Waals surface area contributed by atoms with Crippen molar-refractivity contribution >= 4 is 12.1 Å². The maximum atomic E-state index is 12.4. The van der Waals surface area contributed by atoms with Crippen LogP contribution in [0.1, 0.15) is 69.8 Å². The molecule has 4 aliphatic carbocycles. The number of carbonyl (C=O) groups excluding carboxylic acids is 2. The highest BCUT2D eigenvalue weighted by molar-refractivity contribution is 5.93. The molecule has 0 saturated heterocycles. The predicted molar refractivity (Wildman–Crippen MR) is 106 cm³/mol. The zero-order valence-corrected chi connectivity index (χ0v) is 16.9. The van der Waals surface area contributed by atoms with E-state index < -0.39 is 11.0 Å². The molecular formula is C24H28O5. The summed E-state index contributed by atoms with van der Waals surface area (Å²) in [6.07, 6.45) is 10.2. The summed E-state index contributed by atoms with van der Waals surface area (Å²) < 4.78 is 5.13. The van der Waals surface area contributed by atoms with Crippen molar-refractivity contribution in [2.75, 3.05) is 0 Å². The summed E-state index contributed by atoms with van der Waals surface area (Å²) in [5.74, 6) is 0.410. The Hall–Kier alpha value is -2.01. The second kappa shape index (κ2) is 6.24. The quantitative estimate of drug-likeness (QED) is 0.773. The maximum absolute atomic E-state index is 12.4. The smallest absolute Gasteiger partial charge is 0.335 e. The molecule has 1 aromatic rings. The van der Waals surface area contributed by atoms with Crippen LogP contribution in [0.25, 0.3) is 0 Å². The number of aldehydes is 1. The monoisotopic (exact) mass is 396 g/mol. The summed E-state index contributed by atoms with van der Waals surface area (Å²) >= 11 is 0. The standard InChI is InChI=1S/C24H28O5/c1-22-9-7-19-20(4-3-16-12-17(26)6-10-23(16,19)14-25)24(22,28)11-8-18(22)15-2-5-21(27)29-13-15/h2,5,12-14,18-20,28H,3-4,6-11H2,1H3/t18-,19+,20-,22-,23-,24+/m1/s1. The molecule has 1 aromatic heterocycles. The second-order valence-electron chi connectivity index (χ2n) is 9.91. The average molecular weight is 396 g/mol. The first-order valence-corrected chi connectivity index (χ1v) is 10.9. The van der Waals surface area contributed by atoms with Crippen LogP contribution in [0.2, 0.25) is 0 Å². The van der Waals surface area contributed by atoms with E-state index in [0.717, 1.165) is 49.5 Å². The van der Waals surface area contributed by atoms with Crippen LogP contribution in [0.15, 0.2) is 39.3 Å². The molecule has 6 atom stereocenters. The summed E-state index contributed by atoms with van der Waals surface area (Å²) in [5.41, 5.74) is -0.125. The Morgan fingerprint density at radius 3 is 2.62 bits per heavy atom. The van der Waals surface area contributed by atoms with Crippen molar-refractivity contribution in [2.24, 2.45) is 22.7 Å². The first kappa shape index (κ1) is 19.0. The highest BCUT2D eigenvalue weighted by Crippen LogP contribution is 2.69. The van der Waals surface area contributed by atoms with E-state index in [2.05, 4.69) is 6.92 Å². The Morgan fingerprint density at radius 2 is 1.90 bits per heavy atom. The highest BCUT2D eigenvalue weighted by atomic mass is 16.4. The molecule has 154 valence electrons. The lowest BCUT2D eigenvalue weighted by molar-refractivity contribution is -0.179. The molecule has 1 N–H and O–H groups in total. The van der Waals surface area contributed by atoms with Crippen LogP contribution in [0.5, 0.6) is 0 Å². The van der Waals surface area contributed by atoms with Crippen LogP contribution < -0.4 is 5.63 Å². The molecule has 3 fully saturated rings. The van der Waals surface area contributed by atoms with Gasteiger partial charge >= 0.3 is 5.63 Å². The van der Waals surface area contributed by atoms with Crippen LogP contribution in [0.4, 0.5) is 0 Å². The van der Waals surface area contributed by atoms with Gasteiger partial charge in [0.1, 0.15) is 6.29 Å². The fraction of sp³-hybridized carbons (Fsp3) is 0.625. The Labute approximate surface area is 170 Å². The molecule has 0 aliphatic heterocycles. The predicted octanol–water partition coefficient (Wildman–Crippen LogP) is 3.55. The van der Waals surface area contributed by atoms with Gasteiger partial charge in [-0.3, -0.25) is 4.79 Å². The van der Waals surface area contributed by atoms with Gasteiger partial charge in [-0.2, -0.15) is 0 Å². The van der Waals surface area contributed by atoms with Gasteiger partial charge in [-0.15, -0.1) is 0 Å². The lowest BCUT2D eigenvalue weighted by atomic mass is 9.45. The Kier molecular flexibility index (Phi) is 4.09.